The molecule has 4 nitrogen and oxygen atoms in total. The number of rotatable bonds is 2. The van der Waals surface area contributed by atoms with Crippen LogP contribution in [0.5, 0.6) is 5.88 Å². The summed E-state index contributed by atoms with van der Waals surface area (Å²) in [5.41, 5.74) is 8.23. The molecule has 0 bridgehead atoms. The lowest BCUT2D eigenvalue weighted by Crippen LogP contribution is -2.24. The molecule has 0 atom stereocenters. The van der Waals surface area contributed by atoms with Gasteiger partial charge in [-0.2, -0.15) is 4.98 Å². The van der Waals surface area contributed by atoms with Gasteiger partial charge < -0.3 is 10.5 Å². The molecule has 86 valence electrons. The van der Waals surface area contributed by atoms with Crippen LogP contribution in [0.3, 0.4) is 0 Å². The predicted octanol–water partition coefficient (Wildman–Crippen LogP) is 1.31. The molecule has 0 radical (unpaired) electrons. The highest BCUT2D eigenvalue weighted by Gasteiger charge is 2.44. The second kappa shape index (κ2) is 3.42. The van der Waals surface area contributed by atoms with Crippen molar-refractivity contribution in [2.24, 2.45) is 5.73 Å². The van der Waals surface area contributed by atoms with Crippen molar-refractivity contribution in [3.8, 4) is 5.88 Å². The molecular formula is C12H17N3O. The molecule has 1 heterocycles. The fourth-order valence-electron chi connectivity index (χ4n) is 2.31. The van der Waals surface area contributed by atoms with E-state index >= 15 is 0 Å². The number of hydrogen-bond acceptors (Lipinski definition) is 4. The molecule has 0 spiro atoms. The summed E-state index contributed by atoms with van der Waals surface area (Å²) in [5, 5.41) is 0. The summed E-state index contributed by atoms with van der Waals surface area (Å²) in [6.07, 6.45) is 6.49. The van der Waals surface area contributed by atoms with Crippen molar-refractivity contribution in [2.45, 2.75) is 44.1 Å². The first-order valence-corrected chi connectivity index (χ1v) is 5.96. The summed E-state index contributed by atoms with van der Waals surface area (Å²) < 4.78 is 5.37. The number of hydrogen-bond donors (Lipinski definition) is 1. The standard InChI is InChI=1S/C12H17N3O/c1-16-10-8-4-2-3-5-9(8)14-11(15-10)12(13)6-7-12/h2-7,13H2,1H3. The highest BCUT2D eigenvalue weighted by molar-refractivity contribution is 5.35. The van der Waals surface area contributed by atoms with Crippen LogP contribution in [0.25, 0.3) is 0 Å². The van der Waals surface area contributed by atoms with E-state index in [9.17, 15) is 0 Å². The van der Waals surface area contributed by atoms with E-state index in [2.05, 4.69) is 9.97 Å². The Hall–Kier alpha value is -1.16. The topological polar surface area (TPSA) is 61.0 Å². The van der Waals surface area contributed by atoms with Crippen molar-refractivity contribution in [3.05, 3.63) is 17.1 Å². The Morgan fingerprint density at radius 1 is 1.19 bits per heavy atom. The monoisotopic (exact) mass is 219 g/mol. The molecule has 0 aliphatic heterocycles. The second-order valence-corrected chi connectivity index (χ2v) is 4.84. The van der Waals surface area contributed by atoms with Crippen LogP contribution >= 0.6 is 0 Å². The van der Waals surface area contributed by atoms with Gasteiger partial charge >= 0.3 is 0 Å². The van der Waals surface area contributed by atoms with E-state index in [1.807, 2.05) is 0 Å². The molecule has 1 fully saturated rings. The first-order valence-electron chi connectivity index (χ1n) is 5.96. The third-order valence-electron chi connectivity index (χ3n) is 3.57. The van der Waals surface area contributed by atoms with Gasteiger partial charge in [0.2, 0.25) is 5.88 Å². The van der Waals surface area contributed by atoms with Crippen molar-refractivity contribution in [1.82, 2.24) is 9.97 Å². The van der Waals surface area contributed by atoms with E-state index in [0.29, 0.717) is 0 Å². The molecule has 0 amide bonds. The zero-order valence-electron chi connectivity index (χ0n) is 9.62. The van der Waals surface area contributed by atoms with Crippen LogP contribution in [0.4, 0.5) is 0 Å². The molecule has 4 heteroatoms. The number of methoxy groups -OCH3 is 1. The van der Waals surface area contributed by atoms with Gasteiger partial charge in [0, 0.05) is 5.56 Å². The van der Waals surface area contributed by atoms with Crippen LogP contribution < -0.4 is 10.5 Å². The number of ether oxygens (including phenoxy) is 1. The molecule has 1 saturated carbocycles. The fraction of sp³-hybridized carbons (Fsp3) is 0.667. The molecular weight excluding hydrogens is 202 g/mol. The lowest BCUT2D eigenvalue weighted by atomic mass is 9.96. The van der Waals surface area contributed by atoms with Gasteiger partial charge in [0.1, 0.15) is 0 Å². The minimum Gasteiger partial charge on any atom is -0.481 e. The Balaban J connectivity index is 2.09. The quantitative estimate of drug-likeness (QED) is 0.814. The zero-order valence-corrected chi connectivity index (χ0v) is 9.62. The van der Waals surface area contributed by atoms with Crippen LogP contribution in [0.15, 0.2) is 0 Å². The number of aromatic nitrogens is 2. The lowest BCUT2D eigenvalue weighted by molar-refractivity contribution is 0.381. The molecule has 0 saturated heterocycles. The van der Waals surface area contributed by atoms with Crippen LogP contribution in [0, 0.1) is 0 Å². The molecule has 2 aliphatic rings. The largest absolute Gasteiger partial charge is 0.481 e. The van der Waals surface area contributed by atoms with E-state index < -0.39 is 0 Å². The highest BCUT2D eigenvalue weighted by atomic mass is 16.5. The maximum absolute atomic E-state index is 6.14. The van der Waals surface area contributed by atoms with E-state index in [0.717, 1.165) is 43.1 Å². The third-order valence-corrected chi connectivity index (χ3v) is 3.57. The molecule has 1 aromatic rings. The number of nitrogens with zero attached hydrogens (tertiary/aromatic N) is 2. The van der Waals surface area contributed by atoms with Crippen molar-refractivity contribution in [2.75, 3.05) is 7.11 Å². The normalized spacial score (nSPS) is 21.4. The van der Waals surface area contributed by atoms with Gasteiger partial charge in [0.05, 0.1) is 18.3 Å². The van der Waals surface area contributed by atoms with Crippen LogP contribution in [-0.4, -0.2) is 17.1 Å². The molecule has 0 unspecified atom stereocenters. The van der Waals surface area contributed by atoms with Gasteiger partial charge in [0.15, 0.2) is 5.82 Å². The summed E-state index contributed by atoms with van der Waals surface area (Å²) in [5.74, 6) is 1.53. The van der Waals surface area contributed by atoms with Crippen LogP contribution in [0.2, 0.25) is 0 Å². The SMILES string of the molecule is COc1nc(C2(N)CC2)nc2c1CCCC2. The van der Waals surface area contributed by atoms with Gasteiger partial charge in [-0.15, -0.1) is 0 Å². The van der Waals surface area contributed by atoms with Gasteiger partial charge in [-0.1, -0.05) is 0 Å². The molecule has 1 aromatic heterocycles. The smallest absolute Gasteiger partial charge is 0.219 e. The van der Waals surface area contributed by atoms with E-state index in [4.69, 9.17) is 10.5 Å². The fourth-order valence-corrected chi connectivity index (χ4v) is 2.31. The molecule has 0 aromatic carbocycles. The van der Waals surface area contributed by atoms with Gasteiger partial charge in [-0.05, 0) is 38.5 Å². The minimum atomic E-state index is -0.264. The van der Waals surface area contributed by atoms with Crippen LogP contribution in [0.1, 0.15) is 42.8 Å². The van der Waals surface area contributed by atoms with Crippen molar-refractivity contribution in [3.63, 3.8) is 0 Å². The van der Waals surface area contributed by atoms with Gasteiger partial charge in [-0.25, -0.2) is 4.98 Å². The summed E-state index contributed by atoms with van der Waals surface area (Å²) in [6.45, 7) is 0. The number of fused-ring (bicyclic) bond motifs is 1. The number of nitrogens with two attached hydrogens (primary N) is 1. The maximum atomic E-state index is 6.14. The van der Waals surface area contributed by atoms with Crippen molar-refractivity contribution in [1.29, 1.82) is 0 Å². The minimum absolute atomic E-state index is 0.264. The summed E-state index contributed by atoms with van der Waals surface area (Å²) >= 11 is 0. The van der Waals surface area contributed by atoms with Gasteiger partial charge in [-0.3, -0.25) is 0 Å². The molecule has 2 aliphatic carbocycles. The third kappa shape index (κ3) is 1.48. The Labute approximate surface area is 95.2 Å². The first kappa shape index (κ1) is 10.0. The highest BCUT2D eigenvalue weighted by Crippen LogP contribution is 2.42. The Kier molecular flexibility index (Phi) is 2.14. The lowest BCUT2D eigenvalue weighted by Gasteiger charge is -2.19. The maximum Gasteiger partial charge on any atom is 0.219 e. The molecule has 3 rings (SSSR count). The Morgan fingerprint density at radius 2 is 1.94 bits per heavy atom. The number of aryl methyl sites for hydroxylation is 1. The van der Waals surface area contributed by atoms with Crippen molar-refractivity contribution >= 4 is 0 Å². The van der Waals surface area contributed by atoms with Gasteiger partial charge in [0.25, 0.3) is 0 Å². The molecule has 16 heavy (non-hydrogen) atoms. The average Bonchev–Trinajstić information content (AvgIpc) is 3.07. The van der Waals surface area contributed by atoms with E-state index in [1.54, 1.807) is 7.11 Å². The Morgan fingerprint density at radius 3 is 2.62 bits per heavy atom. The van der Waals surface area contributed by atoms with Crippen molar-refractivity contribution < 1.29 is 4.74 Å². The summed E-state index contributed by atoms with van der Waals surface area (Å²) in [4.78, 5) is 9.12. The van der Waals surface area contributed by atoms with Crippen LogP contribution in [-0.2, 0) is 18.4 Å². The second-order valence-electron chi connectivity index (χ2n) is 4.84. The average molecular weight is 219 g/mol. The van der Waals surface area contributed by atoms with E-state index in [-0.39, 0.29) is 5.54 Å². The van der Waals surface area contributed by atoms with E-state index in [1.165, 1.54) is 18.4 Å². The molecule has 2 N–H and O–H groups in total. The summed E-state index contributed by atoms with van der Waals surface area (Å²) in [7, 11) is 1.68. The first-order chi connectivity index (χ1) is 7.73. The predicted molar refractivity (Wildman–Crippen MR) is 60.3 cm³/mol. The zero-order chi connectivity index (χ0) is 11.2. The summed E-state index contributed by atoms with van der Waals surface area (Å²) in [6, 6.07) is 0. The Bertz CT molecular complexity index is 409.